The Balaban J connectivity index is 0.000000640. The molecule has 1 aliphatic heterocycles. The van der Waals surface area contributed by atoms with Crippen molar-refractivity contribution in [2.75, 3.05) is 0 Å². The minimum Gasteiger partial charge on any atom is -1.00 e. The van der Waals surface area contributed by atoms with Crippen LogP contribution in [-0.2, 0) is 23.2 Å². The van der Waals surface area contributed by atoms with E-state index in [4.69, 9.17) is 0 Å². The standard InChI is InChI=1S/C12H14Si.2ClH.Zr/c1-13(2,11-7-3-4-8-11)12-9-5-6-10-12;;;/h3,5,7,9H,4,6H2,1-2H3;2*1H;/q;;;+2/p-2. The van der Waals surface area contributed by atoms with Gasteiger partial charge < -0.3 is 24.8 Å². The largest absolute Gasteiger partial charge is 1.00 e. The first-order valence-corrected chi connectivity index (χ1v) is 10.7. The van der Waals surface area contributed by atoms with Gasteiger partial charge in [-0.3, -0.25) is 0 Å². The van der Waals surface area contributed by atoms with Crippen LogP contribution < -0.4 is 24.8 Å². The van der Waals surface area contributed by atoms with Crippen molar-refractivity contribution < 1.29 is 48.0 Å². The van der Waals surface area contributed by atoms with E-state index in [0.29, 0.717) is 0 Å². The van der Waals surface area contributed by atoms with Crippen LogP contribution in [0.25, 0.3) is 0 Å². The van der Waals surface area contributed by atoms with Gasteiger partial charge in [0, 0.05) is 0 Å². The minimum atomic E-state index is -1.22. The molecule has 0 unspecified atom stereocenters. The average Bonchev–Trinajstić information content (AvgIpc) is 2.71. The molecular weight excluding hydrogens is 334 g/mol. The number of rotatable bonds is 0. The summed E-state index contributed by atoms with van der Waals surface area (Å²) in [6.45, 7) is 5.06. The first kappa shape index (κ1) is 14.7. The number of allylic oxidation sites excluding steroid dienone is 8. The van der Waals surface area contributed by atoms with Crippen molar-refractivity contribution in [3.63, 3.8) is 0 Å². The van der Waals surface area contributed by atoms with Gasteiger partial charge in [0.25, 0.3) is 0 Å². The molecule has 0 N–H and O–H groups in total. The van der Waals surface area contributed by atoms with E-state index in [2.05, 4.69) is 37.4 Å². The maximum Gasteiger partial charge on any atom is -1.00 e. The van der Waals surface area contributed by atoms with Crippen molar-refractivity contribution in [3.05, 3.63) is 41.3 Å². The Bertz CT molecular complexity index is 392. The zero-order chi connectivity index (χ0) is 9.76. The van der Waals surface area contributed by atoms with E-state index >= 15 is 0 Å². The molecule has 0 amide bonds. The molecule has 4 heteroatoms. The topological polar surface area (TPSA) is 0 Å². The molecule has 0 nitrogen and oxygen atoms in total. The van der Waals surface area contributed by atoms with Crippen LogP contribution in [0.1, 0.15) is 12.8 Å². The Morgan fingerprint density at radius 3 is 1.81 bits per heavy atom. The maximum absolute atomic E-state index is 2.53. The third kappa shape index (κ3) is 2.03. The van der Waals surface area contributed by atoms with Crippen LogP contribution in [0.3, 0.4) is 0 Å². The van der Waals surface area contributed by atoms with Gasteiger partial charge in [-0.1, -0.05) is 0 Å². The molecule has 1 heterocycles. The third-order valence-corrected chi connectivity index (χ3v) is 12.2. The van der Waals surface area contributed by atoms with Crippen molar-refractivity contribution in [2.24, 2.45) is 0 Å². The van der Waals surface area contributed by atoms with Crippen molar-refractivity contribution >= 4 is 8.07 Å². The Morgan fingerprint density at radius 2 is 1.38 bits per heavy atom. The van der Waals surface area contributed by atoms with Crippen molar-refractivity contribution in [1.29, 1.82) is 0 Å². The SMILES string of the molecule is C[Si]1(C)C2=[C](CC=C2)[Zr+2][C]2=C1C=CC2.[Cl-].[Cl-]. The number of halogens is 2. The first-order chi connectivity index (χ1) is 6.69. The quantitative estimate of drug-likeness (QED) is 0.418. The summed E-state index contributed by atoms with van der Waals surface area (Å²) in [5, 5.41) is 3.60. The van der Waals surface area contributed by atoms with Crippen LogP contribution in [0, 0.1) is 0 Å². The first-order valence-electron chi connectivity index (χ1n) is 5.27. The zero-order valence-electron chi connectivity index (χ0n) is 9.48. The van der Waals surface area contributed by atoms with Crippen LogP contribution in [0.5, 0.6) is 0 Å². The van der Waals surface area contributed by atoms with Crippen molar-refractivity contribution in [2.45, 2.75) is 25.9 Å². The Kier molecular flexibility index (Phi) is 4.68. The van der Waals surface area contributed by atoms with E-state index in [1.807, 2.05) is 6.56 Å². The van der Waals surface area contributed by atoms with Gasteiger partial charge in [0.15, 0.2) is 0 Å². The fourth-order valence-electron chi connectivity index (χ4n) is 2.75. The summed E-state index contributed by atoms with van der Waals surface area (Å²) in [5.41, 5.74) is 0. The van der Waals surface area contributed by atoms with Crippen LogP contribution in [0.4, 0.5) is 0 Å². The fourth-order valence-corrected chi connectivity index (χ4v) is 14.2. The minimum absolute atomic E-state index is 0. The van der Waals surface area contributed by atoms with Crippen molar-refractivity contribution in [1.82, 2.24) is 0 Å². The molecule has 16 heavy (non-hydrogen) atoms. The zero-order valence-corrected chi connectivity index (χ0v) is 14.4. The van der Waals surface area contributed by atoms with Gasteiger partial charge in [-0.05, 0) is 0 Å². The number of hydrogen-bond acceptors (Lipinski definition) is 0. The molecule has 0 fully saturated rings. The summed E-state index contributed by atoms with van der Waals surface area (Å²) < 4.78 is 3.79. The van der Waals surface area contributed by atoms with Gasteiger partial charge in [0.1, 0.15) is 0 Å². The monoisotopic (exact) mass is 346 g/mol. The smallest absolute Gasteiger partial charge is 1.00 e. The van der Waals surface area contributed by atoms with Gasteiger partial charge in [0.05, 0.1) is 0 Å². The predicted molar refractivity (Wildman–Crippen MR) is 59.0 cm³/mol. The van der Waals surface area contributed by atoms with Gasteiger partial charge in [-0.15, -0.1) is 0 Å². The summed E-state index contributed by atoms with van der Waals surface area (Å²) >= 11 is -0.324. The second-order valence-corrected chi connectivity index (χ2v) is 12.7. The molecule has 0 bridgehead atoms. The second-order valence-electron chi connectivity index (χ2n) is 4.75. The molecule has 0 radical (unpaired) electrons. The van der Waals surface area contributed by atoms with Crippen LogP contribution in [-0.4, -0.2) is 8.07 Å². The summed E-state index contributed by atoms with van der Waals surface area (Å²) in [7, 11) is -1.22. The molecule has 3 rings (SSSR count). The molecular formula is C12H14Cl2SiZr. The molecule has 0 aromatic rings. The van der Waals surface area contributed by atoms with E-state index in [-0.39, 0.29) is 48.0 Å². The van der Waals surface area contributed by atoms with E-state index in [0.717, 1.165) is 0 Å². The summed E-state index contributed by atoms with van der Waals surface area (Å²) in [5.74, 6) is 0. The van der Waals surface area contributed by atoms with Gasteiger partial charge >= 0.3 is 98.5 Å². The predicted octanol–water partition coefficient (Wildman–Crippen LogP) is -2.69. The average molecular weight is 348 g/mol. The van der Waals surface area contributed by atoms with E-state index in [1.165, 1.54) is 12.8 Å². The summed E-state index contributed by atoms with van der Waals surface area (Å²) in [6.07, 6.45) is 12.3. The molecule has 0 spiro atoms. The molecule has 0 saturated heterocycles. The summed E-state index contributed by atoms with van der Waals surface area (Å²) in [6, 6.07) is 0. The van der Waals surface area contributed by atoms with E-state index < -0.39 is 8.07 Å². The number of hydrogen-bond donors (Lipinski definition) is 0. The van der Waals surface area contributed by atoms with Gasteiger partial charge in [-0.25, -0.2) is 0 Å². The molecule has 84 valence electrons. The molecule has 0 aromatic carbocycles. The van der Waals surface area contributed by atoms with Crippen molar-refractivity contribution in [3.8, 4) is 0 Å². The maximum atomic E-state index is 2.53. The van der Waals surface area contributed by atoms with E-state index in [1.54, 1.807) is 10.4 Å². The Morgan fingerprint density at radius 1 is 0.938 bits per heavy atom. The molecule has 0 atom stereocenters. The van der Waals surface area contributed by atoms with Gasteiger partial charge in [-0.2, -0.15) is 0 Å². The van der Waals surface area contributed by atoms with Crippen LogP contribution >= 0.6 is 0 Å². The van der Waals surface area contributed by atoms with Gasteiger partial charge in [0.2, 0.25) is 0 Å². The fraction of sp³-hybridized carbons (Fsp3) is 0.333. The molecule has 3 aliphatic rings. The second kappa shape index (κ2) is 5.10. The Hall–Kier alpha value is 0.640. The normalized spacial score (nSPS) is 22.9. The molecule has 0 saturated carbocycles. The van der Waals surface area contributed by atoms with Crippen LogP contribution in [0.15, 0.2) is 41.3 Å². The summed E-state index contributed by atoms with van der Waals surface area (Å²) in [4.78, 5) is 0. The molecule has 0 aromatic heterocycles. The van der Waals surface area contributed by atoms with Crippen LogP contribution in [0.2, 0.25) is 13.1 Å². The van der Waals surface area contributed by atoms with E-state index in [9.17, 15) is 0 Å². The molecule has 2 aliphatic carbocycles. The Labute approximate surface area is 122 Å². The third-order valence-electron chi connectivity index (χ3n) is 3.51.